The lowest BCUT2D eigenvalue weighted by Crippen LogP contribution is -2.49. The number of nitrogens with zero attached hydrogens (tertiary/aromatic N) is 1. The fourth-order valence-corrected chi connectivity index (χ4v) is 2.93. The number of carbonyl (C=O) groups excluding carboxylic acids is 3. The second kappa shape index (κ2) is 9.41. The van der Waals surface area contributed by atoms with Crippen LogP contribution in [0.15, 0.2) is 18.2 Å². The third-order valence-electron chi connectivity index (χ3n) is 4.48. The van der Waals surface area contributed by atoms with Gasteiger partial charge in [-0.15, -0.1) is 0 Å². The minimum Gasteiger partial charge on any atom is -0.493 e. The van der Waals surface area contributed by atoms with Crippen LogP contribution in [-0.4, -0.2) is 63.4 Å². The van der Waals surface area contributed by atoms with Crippen molar-refractivity contribution in [2.75, 3.05) is 34.5 Å². The number of esters is 1. The van der Waals surface area contributed by atoms with Crippen molar-refractivity contribution >= 4 is 18.0 Å². The predicted molar refractivity (Wildman–Crippen MR) is 99.1 cm³/mol. The van der Waals surface area contributed by atoms with Crippen LogP contribution in [0, 0.1) is 5.92 Å². The van der Waals surface area contributed by atoms with Crippen LogP contribution in [0.2, 0.25) is 0 Å². The molecule has 0 radical (unpaired) electrons. The Morgan fingerprint density at radius 2 is 1.82 bits per heavy atom. The molecule has 0 aliphatic carbocycles. The van der Waals surface area contributed by atoms with Gasteiger partial charge < -0.3 is 18.9 Å². The Kier molecular flexibility index (Phi) is 7.22. The molecular weight excluding hydrogens is 368 g/mol. The molecule has 1 aliphatic heterocycles. The number of ether oxygens (including phenoxy) is 4. The van der Waals surface area contributed by atoms with Crippen LogP contribution in [0.5, 0.6) is 11.5 Å². The van der Waals surface area contributed by atoms with Crippen molar-refractivity contribution < 1.29 is 33.3 Å². The van der Waals surface area contributed by atoms with Gasteiger partial charge in [0.05, 0.1) is 27.9 Å². The monoisotopic (exact) mass is 394 g/mol. The summed E-state index contributed by atoms with van der Waals surface area (Å²) in [5.41, 5.74) is 0.511. The number of imide groups is 1. The molecule has 1 aliphatic rings. The van der Waals surface area contributed by atoms with Crippen molar-refractivity contribution in [1.29, 1.82) is 0 Å². The van der Waals surface area contributed by atoms with Gasteiger partial charge in [-0.3, -0.25) is 14.9 Å². The Bertz CT molecular complexity index is 735. The van der Waals surface area contributed by atoms with Gasteiger partial charge in [-0.1, -0.05) is 19.9 Å². The van der Waals surface area contributed by atoms with E-state index in [1.807, 2.05) is 13.8 Å². The number of methoxy groups -OCH3 is 3. The maximum atomic E-state index is 13.1. The fourth-order valence-electron chi connectivity index (χ4n) is 2.93. The van der Waals surface area contributed by atoms with E-state index in [4.69, 9.17) is 18.9 Å². The van der Waals surface area contributed by atoms with E-state index in [0.29, 0.717) is 17.1 Å². The van der Waals surface area contributed by atoms with Crippen LogP contribution in [0.25, 0.3) is 0 Å². The van der Waals surface area contributed by atoms with Crippen LogP contribution >= 0.6 is 0 Å². The maximum absolute atomic E-state index is 13.1. The third-order valence-corrected chi connectivity index (χ3v) is 4.48. The molecule has 1 heterocycles. The summed E-state index contributed by atoms with van der Waals surface area (Å²) in [6.07, 6.45) is -0.712. The SMILES string of the molecule is COC(=O)[C@@H](N[C@@H](C(=O)N1CCOC1=O)c1ccc(OC)c(OC)c1)C(C)C. The standard InChI is InChI=1S/C19H26N2O7/c1-11(2)15(18(23)27-5)20-16(17(22)21-8-9-28-19(21)24)12-6-7-13(25-3)14(10-12)26-4/h6-7,10-11,15-16,20H,8-9H2,1-5H3/t15-,16+/m0/s1. The minimum atomic E-state index is -0.989. The van der Waals surface area contributed by atoms with Crippen molar-refractivity contribution in [2.24, 2.45) is 5.92 Å². The van der Waals surface area contributed by atoms with E-state index in [2.05, 4.69) is 5.32 Å². The van der Waals surface area contributed by atoms with Gasteiger partial charge in [0.15, 0.2) is 11.5 Å². The number of hydrogen-bond donors (Lipinski definition) is 1. The van der Waals surface area contributed by atoms with Crippen LogP contribution in [0.3, 0.4) is 0 Å². The number of benzene rings is 1. The highest BCUT2D eigenvalue weighted by molar-refractivity contribution is 5.96. The zero-order chi connectivity index (χ0) is 20.8. The summed E-state index contributed by atoms with van der Waals surface area (Å²) in [7, 11) is 4.27. The lowest BCUT2D eigenvalue weighted by atomic mass is 9.99. The first-order valence-electron chi connectivity index (χ1n) is 8.88. The lowest BCUT2D eigenvalue weighted by Gasteiger charge is -2.28. The molecule has 2 atom stereocenters. The number of cyclic esters (lactones) is 1. The van der Waals surface area contributed by atoms with Gasteiger partial charge in [0.1, 0.15) is 18.7 Å². The largest absolute Gasteiger partial charge is 0.493 e. The van der Waals surface area contributed by atoms with Crippen molar-refractivity contribution in [3.8, 4) is 11.5 Å². The van der Waals surface area contributed by atoms with Gasteiger partial charge in [-0.2, -0.15) is 0 Å². The molecule has 1 saturated heterocycles. The molecule has 1 aromatic rings. The molecule has 0 bridgehead atoms. The minimum absolute atomic E-state index is 0.133. The van der Waals surface area contributed by atoms with Crippen LogP contribution in [0.1, 0.15) is 25.5 Å². The fraction of sp³-hybridized carbons (Fsp3) is 0.526. The second-order valence-electron chi connectivity index (χ2n) is 6.56. The Labute approximate surface area is 163 Å². The van der Waals surface area contributed by atoms with E-state index in [0.717, 1.165) is 4.90 Å². The summed E-state index contributed by atoms with van der Waals surface area (Å²) in [4.78, 5) is 38.2. The van der Waals surface area contributed by atoms with Gasteiger partial charge in [0.25, 0.3) is 5.91 Å². The van der Waals surface area contributed by atoms with Crippen molar-refractivity contribution in [2.45, 2.75) is 25.9 Å². The third kappa shape index (κ3) is 4.53. The highest BCUT2D eigenvalue weighted by atomic mass is 16.6. The van der Waals surface area contributed by atoms with Gasteiger partial charge in [-0.25, -0.2) is 9.69 Å². The topological polar surface area (TPSA) is 103 Å². The van der Waals surface area contributed by atoms with E-state index in [1.165, 1.54) is 21.3 Å². The highest BCUT2D eigenvalue weighted by Crippen LogP contribution is 2.31. The van der Waals surface area contributed by atoms with Crippen LogP contribution in [0.4, 0.5) is 4.79 Å². The highest BCUT2D eigenvalue weighted by Gasteiger charge is 2.37. The van der Waals surface area contributed by atoms with E-state index in [-0.39, 0.29) is 19.1 Å². The number of carbonyl (C=O) groups is 3. The zero-order valence-corrected chi connectivity index (χ0v) is 16.7. The average Bonchev–Trinajstić information content (AvgIpc) is 3.12. The summed E-state index contributed by atoms with van der Waals surface area (Å²) in [5, 5.41) is 3.04. The molecule has 0 aromatic heterocycles. The second-order valence-corrected chi connectivity index (χ2v) is 6.56. The van der Waals surface area contributed by atoms with Gasteiger partial charge in [-0.05, 0) is 23.6 Å². The summed E-state index contributed by atoms with van der Waals surface area (Å²) in [6.45, 7) is 3.94. The molecule has 0 spiro atoms. The average molecular weight is 394 g/mol. The molecule has 1 N–H and O–H groups in total. The van der Waals surface area contributed by atoms with Crippen molar-refractivity contribution in [1.82, 2.24) is 10.2 Å². The van der Waals surface area contributed by atoms with E-state index < -0.39 is 30.1 Å². The molecule has 28 heavy (non-hydrogen) atoms. The molecule has 9 nitrogen and oxygen atoms in total. The lowest BCUT2D eigenvalue weighted by molar-refractivity contribution is -0.145. The summed E-state index contributed by atoms with van der Waals surface area (Å²) in [6, 6.07) is 3.21. The normalized spacial score (nSPS) is 15.8. The van der Waals surface area contributed by atoms with Gasteiger partial charge >= 0.3 is 12.1 Å². The molecule has 2 amide bonds. The molecule has 0 saturated carbocycles. The number of hydrogen-bond acceptors (Lipinski definition) is 8. The van der Waals surface area contributed by atoms with Crippen molar-refractivity contribution in [3.63, 3.8) is 0 Å². The zero-order valence-electron chi connectivity index (χ0n) is 16.7. The first kappa shape index (κ1) is 21.5. The number of amides is 2. The first-order valence-corrected chi connectivity index (χ1v) is 8.88. The van der Waals surface area contributed by atoms with E-state index in [1.54, 1.807) is 18.2 Å². The Balaban J connectivity index is 2.44. The Hall–Kier alpha value is -2.81. The molecule has 154 valence electrons. The van der Waals surface area contributed by atoms with Crippen molar-refractivity contribution in [3.05, 3.63) is 23.8 Å². The summed E-state index contributed by atoms with van der Waals surface area (Å²) < 4.78 is 20.3. The predicted octanol–water partition coefficient (Wildman–Crippen LogP) is 1.51. The van der Waals surface area contributed by atoms with Gasteiger partial charge in [0, 0.05) is 0 Å². The number of rotatable bonds is 8. The molecule has 1 fully saturated rings. The first-order chi connectivity index (χ1) is 13.3. The van der Waals surface area contributed by atoms with E-state index in [9.17, 15) is 14.4 Å². The molecule has 0 unspecified atom stereocenters. The quantitative estimate of drug-likeness (QED) is 0.662. The Morgan fingerprint density at radius 3 is 2.32 bits per heavy atom. The Morgan fingerprint density at radius 1 is 1.14 bits per heavy atom. The molecular formula is C19H26N2O7. The van der Waals surface area contributed by atoms with Gasteiger partial charge in [0.2, 0.25) is 0 Å². The maximum Gasteiger partial charge on any atom is 0.416 e. The smallest absolute Gasteiger partial charge is 0.416 e. The summed E-state index contributed by atoms with van der Waals surface area (Å²) in [5.74, 6) is -0.274. The molecule has 2 rings (SSSR count). The summed E-state index contributed by atoms with van der Waals surface area (Å²) >= 11 is 0. The van der Waals surface area contributed by atoms with Crippen LogP contribution in [-0.2, 0) is 19.1 Å². The van der Waals surface area contributed by atoms with Crippen LogP contribution < -0.4 is 14.8 Å². The van der Waals surface area contributed by atoms with E-state index >= 15 is 0 Å². The molecule has 9 heteroatoms. The molecule has 1 aromatic carbocycles. The number of nitrogens with one attached hydrogen (secondary N) is 1.